The standard InChI is InChI=1S/C6H7ClN2/c7-3-1-2-6-8-4-5-9-6/h1,3-5H,2H2,(H,8,9). The minimum absolute atomic E-state index is 0.774. The number of halogens is 1. The maximum atomic E-state index is 5.30. The average Bonchev–Trinajstić information content (AvgIpc) is 2.34. The van der Waals surface area contributed by atoms with E-state index < -0.39 is 0 Å². The van der Waals surface area contributed by atoms with Gasteiger partial charge in [-0.3, -0.25) is 0 Å². The van der Waals surface area contributed by atoms with Crippen LogP contribution in [0, 0.1) is 0 Å². The molecule has 1 N–H and O–H groups in total. The lowest BCUT2D eigenvalue weighted by Crippen LogP contribution is -1.81. The van der Waals surface area contributed by atoms with Gasteiger partial charge in [0.05, 0.1) is 0 Å². The number of allylic oxidation sites excluding steroid dienone is 1. The van der Waals surface area contributed by atoms with Crippen molar-refractivity contribution in [2.24, 2.45) is 0 Å². The third kappa shape index (κ3) is 1.90. The summed E-state index contributed by atoms with van der Waals surface area (Å²) in [5.74, 6) is 0.937. The first-order valence-corrected chi connectivity index (χ1v) is 3.10. The van der Waals surface area contributed by atoms with Crippen LogP contribution in [0.4, 0.5) is 0 Å². The van der Waals surface area contributed by atoms with Crippen molar-refractivity contribution in [3.63, 3.8) is 0 Å². The fourth-order valence-electron chi connectivity index (χ4n) is 0.566. The highest BCUT2D eigenvalue weighted by Crippen LogP contribution is 1.91. The van der Waals surface area contributed by atoms with Crippen molar-refractivity contribution in [1.82, 2.24) is 9.97 Å². The molecule has 0 saturated heterocycles. The van der Waals surface area contributed by atoms with Gasteiger partial charge in [0.2, 0.25) is 0 Å². The molecule has 1 heterocycles. The van der Waals surface area contributed by atoms with E-state index in [-0.39, 0.29) is 0 Å². The Morgan fingerprint density at radius 3 is 3.22 bits per heavy atom. The quantitative estimate of drug-likeness (QED) is 0.669. The maximum Gasteiger partial charge on any atom is 0.109 e. The fraction of sp³-hybridized carbons (Fsp3) is 0.167. The van der Waals surface area contributed by atoms with E-state index in [9.17, 15) is 0 Å². The third-order valence-electron chi connectivity index (χ3n) is 0.955. The molecule has 1 rings (SSSR count). The summed E-state index contributed by atoms with van der Waals surface area (Å²) < 4.78 is 0. The lowest BCUT2D eigenvalue weighted by atomic mass is 10.4. The second kappa shape index (κ2) is 3.30. The molecule has 0 spiro atoms. The molecular formula is C6H7ClN2. The average molecular weight is 143 g/mol. The molecule has 0 bridgehead atoms. The van der Waals surface area contributed by atoms with Gasteiger partial charge < -0.3 is 4.98 Å². The van der Waals surface area contributed by atoms with Crippen molar-refractivity contribution in [2.45, 2.75) is 6.42 Å². The van der Waals surface area contributed by atoms with Crippen LogP contribution in [0.1, 0.15) is 5.82 Å². The molecule has 9 heavy (non-hydrogen) atoms. The molecule has 1 aromatic heterocycles. The molecule has 0 unspecified atom stereocenters. The van der Waals surface area contributed by atoms with Gasteiger partial charge >= 0.3 is 0 Å². The monoisotopic (exact) mass is 142 g/mol. The van der Waals surface area contributed by atoms with E-state index in [1.54, 1.807) is 12.4 Å². The Labute approximate surface area is 58.6 Å². The summed E-state index contributed by atoms with van der Waals surface area (Å²) in [6.07, 6.45) is 6.12. The van der Waals surface area contributed by atoms with Crippen LogP contribution in [0.15, 0.2) is 24.0 Å². The van der Waals surface area contributed by atoms with Gasteiger partial charge in [0, 0.05) is 24.3 Å². The molecule has 0 saturated carbocycles. The number of nitrogens with zero attached hydrogens (tertiary/aromatic N) is 1. The predicted octanol–water partition coefficient (Wildman–Crippen LogP) is 1.70. The zero-order valence-electron chi connectivity index (χ0n) is 4.84. The number of rotatable bonds is 2. The topological polar surface area (TPSA) is 28.7 Å². The second-order valence-corrected chi connectivity index (χ2v) is 1.85. The van der Waals surface area contributed by atoms with Gasteiger partial charge in [0.15, 0.2) is 0 Å². The summed E-state index contributed by atoms with van der Waals surface area (Å²) >= 11 is 5.30. The van der Waals surface area contributed by atoms with E-state index in [1.165, 1.54) is 5.54 Å². The highest BCUT2D eigenvalue weighted by molar-refractivity contribution is 6.25. The van der Waals surface area contributed by atoms with Crippen LogP contribution in [0.3, 0.4) is 0 Å². The van der Waals surface area contributed by atoms with Crippen LogP contribution in [0.5, 0.6) is 0 Å². The largest absolute Gasteiger partial charge is 0.348 e. The van der Waals surface area contributed by atoms with Crippen molar-refractivity contribution in [1.29, 1.82) is 0 Å². The van der Waals surface area contributed by atoms with Gasteiger partial charge in [-0.1, -0.05) is 17.7 Å². The Balaban J connectivity index is 2.48. The lowest BCUT2D eigenvalue weighted by molar-refractivity contribution is 1.06. The summed E-state index contributed by atoms with van der Waals surface area (Å²) in [6.45, 7) is 0. The van der Waals surface area contributed by atoms with E-state index in [0.717, 1.165) is 12.2 Å². The second-order valence-electron chi connectivity index (χ2n) is 1.60. The summed E-state index contributed by atoms with van der Waals surface area (Å²) in [7, 11) is 0. The molecule has 0 aliphatic heterocycles. The van der Waals surface area contributed by atoms with Gasteiger partial charge in [0.25, 0.3) is 0 Å². The van der Waals surface area contributed by atoms with E-state index in [4.69, 9.17) is 11.6 Å². The fourth-order valence-corrected chi connectivity index (χ4v) is 0.655. The molecule has 48 valence electrons. The summed E-state index contributed by atoms with van der Waals surface area (Å²) in [5.41, 5.74) is 1.49. The third-order valence-corrected chi connectivity index (χ3v) is 1.13. The number of imidazole rings is 1. The summed E-state index contributed by atoms with van der Waals surface area (Å²) in [5, 5.41) is 0. The van der Waals surface area contributed by atoms with Crippen molar-refractivity contribution in [2.75, 3.05) is 0 Å². The van der Waals surface area contributed by atoms with Crippen molar-refractivity contribution >= 4 is 11.6 Å². The first-order valence-electron chi connectivity index (χ1n) is 2.67. The lowest BCUT2D eigenvalue weighted by Gasteiger charge is -1.83. The molecule has 0 amide bonds. The Morgan fingerprint density at radius 2 is 2.67 bits per heavy atom. The smallest absolute Gasteiger partial charge is 0.109 e. The number of H-pyrrole nitrogens is 1. The van der Waals surface area contributed by atoms with E-state index in [1.807, 2.05) is 6.08 Å². The van der Waals surface area contributed by atoms with Gasteiger partial charge in [-0.05, 0) is 0 Å². The van der Waals surface area contributed by atoms with Crippen LogP contribution < -0.4 is 0 Å². The Bertz CT molecular complexity index is 179. The Kier molecular flexibility index (Phi) is 2.33. The minimum Gasteiger partial charge on any atom is -0.348 e. The van der Waals surface area contributed by atoms with Crippen LogP contribution in [0.25, 0.3) is 0 Å². The molecule has 0 aromatic carbocycles. The van der Waals surface area contributed by atoms with E-state index >= 15 is 0 Å². The SMILES string of the molecule is ClC=CCc1ncc[nH]1. The normalized spacial score (nSPS) is 10.8. The van der Waals surface area contributed by atoms with E-state index in [0.29, 0.717) is 0 Å². The highest BCUT2D eigenvalue weighted by atomic mass is 35.5. The van der Waals surface area contributed by atoms with Gasteiger partial charge in [-0.15, -0.1) is 0 Å². The van der Waals surface area contributed by atoms with E-state index in [2.05, 4.69) is 9.97 Å². The Hall–Kier alpha value is -0.760. The molecular weight excluding hydrogens is 136 g/mol. The van der Waals surface area contributed by atoms with Crippen LogP contribution in [-0.2, 0) is 6.42 Å². The predicted molar refractivity (Wildman–Crippen MR) is 37.3 cm³/mol. The highest BCUT2D eigenvalue weighted by Gasteiger charge is 1.86. The first-order chi connectivity index (χ1) is 4.43. The number of aromatic amines is 1. The molecule has 0 atom stereocenters. The molecule has 0 radical (unpaired) electrons. The Morgan fingerprint density at radius 1 is 1.78 bits per heavy atom. The molecule has 3 heteroatoms. The summed E-state index contributed by atoms with van der Waals surface area (Å²) in [6, 6.07) is 0. The molecule has 0 aliphatic carbocycles. The van der Waals surface area contributed by atoms with Crippen molar-refractivity contribution < 1.29 is 0 Å². The van der Waals surface area contributed by atoms with Crippen LogP contribution >= 0.6 is 11.6 Å². The number of aromatic nitrogens is 2. The number of hydrogen-bond acceptors (Lipinski definition) is 1. The zero-order valence-corrected chi connectivity index (χ0v) is 5.60. The van der Waals surface area contributed by atoms with Crippen molar-refractivity contribution in [3.8, 4) is 0 Å². The minimum atomic E-state index is 0.774. The van der Waals surface area contributed by atoms with Crippen LogP contribution in [0.2, 0.25) is 0 Å². The molecule has 0 aliphatic rings. The van der Waals surface area contributed by atoms with Crippen molar-refractivity contribution in [3.05, 3.63) is 29.8 Å². The zero-order chi connectivity index (χ0) is 6.53. The first kappa shape index (κ1) is 6.36. The van der Waals surface area contributed by atoms with Crippen LogP contribution in [-0.4, -0.2) is 9.97 Å². The van der Waals surface area contributed by atoms with Gasteiger partial charge in [-0.25, -0.2) is 4.98 Å². The maximum absolute atomic E-state index is 5.30. The number of hydrogen-bond donors (Lipinski definition) is 1. The van der Waals surface area contributed by atoms with Gasteiger partial charge in [0.1, 0.15) is 5.82 Å². The molecule has 0 fully saturated rings. The number of nitrogens with one attached hydrogen (secondary N) is 1. The molecule has 1 aromatic rings. The molecule has 2 nitrogen and oxygen atoms in total. The summed E-state index contributed by atoms with van der Waals surface area (Å²) in [4.78, 5) is 6.94. The van der Waals surface area contributed by atoms with Gasteiger partial charge in [-0.2, -0.15) is 0 Å².